The maximum atomic E-state index is 13.0. The number of benzene rings is 1. The second-order valence-corrected chi connectivity index (χ2v) is 6.06. The van der Waals surface area contributed by atoms with Gasteiger partial charge in [-0.3, -0.25) is 9.59 Å². The number of nitrogens with zero attached hydrogens (tertiary/aromatic N) is 1. The fourth-order valence-electron chi connectivity index (χ4n) is 1.97. The highest BCUT2D eigenvalue weighted by atomic mass is 32.1. The van der Waals surface area contributed by atoms with E-state index in [1.165, 1.54) is 34.9 Å². The van der Waals surface area contributed by atoms with Gasteiger partial charge in [-0.1, -0.05) is 12.1 Å². The lowest BCUT2D eigenvalue weighted by molar-refractivity contribution is -0.125. The van der Waals surface area contributed by atoms with Crippen molar-refractivity contribution in [3.05, 3.63) is 51.7 Å². The van der Waals surface area contributed by atoms with E-state index in [4.69, 9.17) is 5.11 Å². The molecule has 1 aromatic heterocycles. The van der Waals surface area contributed by atoms with Crippen LogP contribution in [0.5, 0.6) is 0 Å². The average molecular weight is 365 g/mol. The summed E-state index contributed by atoms with van der Waals surface area (Å²) in [6.07, 6.45) is 0.392. The van der Waals surface area contributed by atoms with E-state index in [0.29, 0.717) is 17.0 Å². The van der Waals surface area contributed by atoms with E-state index in [9.17, 15) is 18.8 Å². The standard InChI is InChI=1S/C16H16FN3O4S/c17-11-3-1-2-10(6-11)7-13(21)19-8-14(22)18-5-4-15-20-12(9-25-15)16(23)24/h1-3,6,9H,4-5,7-8H2,(H,18,22)(H,19,21)(H,23,24). The van der Waals surface area contributed by atoms with Crippen LogP contribution in [0.15, 0.2) is 29.6 Å². The van der Waals surface area contributed by atoms with Crippen molar-refractivity contribution in [1.82, 2.24) is 15.6 Å². The molecule has 2 rings (SSSR count). The van der Waals surface area contributed by atoms with Crippen molar-refractivity contribution < 1.29 is 23.9 Å². The Hall–Kier alpha value is -2.81. The number of amides is 2. The van der Waals surface area contributed by atoms with E-state index in [1.807, 2.05) is 0 Å². The molecule has 0 fully saturated rings. The quantitative estimate of drug-likeness (QED) is 0.647. The zero-order chi connectivity index (χ0) is 18.2. The smallest absolute Gasteiger partial charge is 0.355 e. The molecule has 0 radical (unpaired) electrons. The van der Waals surface area contributed by atoms with Crippen LogP contribution < -0.4 is 10.6 Å². The highest BCUT2D eigenvalue weighted by Gasteiger charge is 2.10. The summed E-state index contributed by atoms with van der Waals surface area (Å²) in [7, 11) is 0. The van der Waals surface area contributed by atoms with Gasteiger partial charge in [-0.25, -0.2) is 14.2 Å². The zero-order valence-corrected chi connectivity index (χ0v) is 13.9. The highest BCUT2D eigenvalue weighted by molar-refractivity contribution is 7.09. The first-order chi connectivity index (χ1) is 11.9. The predicted molar refractivity (Wildman–Crippen MR) is 88.9 cm³/mol. The normalized spacial score (nSPS) is 10.3. The number of aromatic nitrogens is 1. The Labute approximate surface area is 146 Å². The third-order valence-corrected chi connectivity index (χ3v) is 4.04. The van der Waals surface area contributed by atoms with Crippen LogP contribution in [0.25, 0.3) is 0 Å². The number of carbonyl (C=O) groups is 3. The number of carboxylic acids is 1. The largest absolute Gasteiger partial charge is 0.476 e. The SMILES string of the molecule is O=C(CNC(=O)Cc1cccc(F)c1)NCCc1nc(C(=O)O)cs1. The Morgan fingerprint density at radius 2 is 2.00 bits per heavy atom. The highest BCUT2D eigenvalue weighted by Crippen LogP contribution is 2.09. The average Bonchev–Trinajstić information content (AvgIpc) is 3.02. The minimum atomic E-state index is -1.09. The van der Waals surface area contributed by atoms with Crippen LogP contribution in [0.2, 0.25) is 0 Å². The monoisotopic (exact) mass is 365 g/mol. The summed E-state index contributed by atoms with van der Waals surface area (Å²) in [5, 5.41) is 15.9. The molecule has 2 aromatic rings. The number of nitrogens with one attached hydrogen (secondary N) is 2. The van der Waals surface area contributed by atoms with Crippen LogP contribution in [-0.4, -0.2) is 41.0 Å². The van der Waals surface area contributed by atoms with E-state index in [0.717, 1.165) is 0 Å². The van der Waals surface area contributed by atoms with E-state index in [-0.39, 0.29) is 37.0 Å². The Morgan fingerprint density at radius 3 is 2.68 bits per heavy atom. The maximum absolute atomic E-state index is 13.0. The second-order valence-electron chi connectivity index (χ2n) is 5.12. The van der Waals surface area contributed by atoms with Gasteiger partial charge < -0.3 is 15.7 Å². The summed E-state index contributed by atoms with van der Waals surface area (Å²) < 4.78 is 13.0. The topological polar surface area (TPSA) is 108 Å². The lowest BCUT2D eigenvalue weighted by Gasteiger charge is -2.06. The van der Waals surface area contributed by atoms with Gasteiger partial charge >= 0.3 is 5.97 Å². The fraction of sp³-hybridized carbons (Fsp3) is 0.250. The molecule has 3 N–H and O–H groups in total. The van der Waals surface area contributed by atoms with E-state index >= 15 is 0 Å². The first-order valence-corrected chi connectivity index (χ1v) is 8.27. The molecule has 0 saturated carbocycles. The zero-order valence-electron chi connectivity index (χ0n) is 13.1. The molecule has 0 aliphatic rings. The molecule has 0 bridgehead atoms. The van der Waals surface area contributed by atoms with Gasteiger partial charge in [-0.2, -0.15) is 0 Å². The number of hydrogen-bond donors (Lipinski definition) is 3. The number of hydrogen-bond acceptors (Lipinski definition) is 5. The van der Waals surface area contributed by atoms with Gasteiger partial charge in [0.25, 0.3) is 0 Å². The summed E-state index contributed by atoms with van der Waals surface area (Å²) in [6.45, 7) is 0.0948. The predicted octanol–water partition coefficient (Wildman–Crippen LogP) is 0.998. The minimum Gasteiger partial charge on any atom is -0.476 e. The lowest BCUT2D eigenvalue weighted by Crippen LogP contribution is -2.38. The minimum absolute atomic E-state index is 0.0118. The van der Waals surface area contributed by atoms with Crippen molar-refractivity contribution in [3.63, 3.8) is 0 Å². The van der Waals surface area contributed by atoms with Crippen LogP contribution in [0.4, 0.5) is 4.39 Å². The first kappa shape index (κ1) is 18.5. The van der Waals surface area contributed by atoms with E-state index in [1.54, 1.807) is 6.07 Å². The van der Waals surface area contributed by atoms with Crippen molar-refractivity contribution in [3.8, 4) is 0 Å². The van der Waals surface area contributed by atoms with Crippen molar-refractivity contribution >= 4 is 29.1 Å². The maximum Gasteiger partial charge on any atom is 0.355 e. The summed E-state index contributed by atoms with van der Waals surface area (Å²) in [4.78, 5) is 38.0. The van der Waals surface area contributed by atoms with Gasteiger partial charge in [-0.05, 0) is 17.7 Å². The Morgan fingerprint density at radius 1 is 1.20 bits per heavy atom. The molecule has 1 aromatic carbocycles. The summed E-state index contributed by atoms with van der Waals surface area (Å²) >= 11 is 1.21. The van der Waals surface area contributed by atoms with Crippen LogP contribution in [0, 0.1) is 5.82 Å². The molecule has 7 nitrogen and oxygen atoms in total. The number of carbonyl (C=O) groups excluding carboxylic acids is 2. The molecule has 132 valence electrons. The molecule has 0 aliphatic carbocycles. The number of thiazole rings is 1. The van der Waals surface area contributed by atoms with Crippen molar-refractivity contribution in [2.45, 2.75) is 12.8 Å². The first-order valence-electron chi connectivity index (χ1n) is 7.39. The Kier molecular flexibility index (Phi) is 6.58. The van der Waals surface area contributed by atoms with Crippen LogP contribution >= 0.6 is 11.3 Å². The van der Waals surface area contributed by atoms with Crippen LogP contribution in [0.3, 0.4) is 0 Å². The van der Waals surface area contributed by atoms with Crippen molar-refractivity contribution in [2.24, 2.45) is 0 Å². The summed E-state index contributed by atoms with van der Waals surface area (Å²) in [5.41, 5.74) is 0.506. The number of rotatable bonds is 8. The molecular weight excluding hydrogens is 349 g/mol. The van der Waals surface area contributed by atoms with Gasteiger partial charge in [0, 0.05) is 18.3 Å². The van der Waals surface area contributed by atoms with Crippen LogP contribution in [0.1, 0.15) is 21.1 Å². The molecule has 2 amide bonds. The van der Waals surface area contributed by atoms with Gasteiger partial charge in [0.05, 0.1) is 18.0 Å². The molecule has 25 heavy (non-hydrogen) atoms. The summed E-state index contributed by atoms with van der Waals surface area (Å²) in [6, 6.07) is 5.69. The molecule has 9 heteroatoms. The van der Waals surface area contributed by atoms with Gasteiger partial charge in [0.15, 0.2) is 5.69 Å². The third kappa shape index (κ3) is 6.30. The fourth-order valence-corrected chi connectivity index (χ4v) is 2.74. The Bertz CT molecular complexity index is 778. The van der Waals surface area contributed by atoms with Gasteiger partial charge in [0.1, 0.15) is 5.82 Å². The van der Waals surface area contributed by atoms with Gasteiger partial charge in [0.2, 0.25) is 11.8 Å². The molecule has 0 saturated heterocycles. The summed E-state index contributed by atoms with van der Waals surface area (Å²) in [5.74, 6) is -2.27. The molecule has 0 atom stereocenters. The molecule has 1 heterocycles. The van der Waals surface area contributed by atoms with E-state index in [2.05, 4.69) is 15.6 Å². The number of halogens is 1. The van der Waals surface area contributed by atoms with Crippen LogP contribution in [-0.2, 0) is 22.4 Å². The molecular formula is C16H16FN3O4S. The second kappa shape index (κ2) is 8.88. The molecule has 0 spiro atoms. The van der Waals surface area contributed by atoms with Gasteiger partial charge in [-0.15, -0.1) is 11.3 Å². The lowest BCUT2D eigenvalue weighted by atomic mass is 10.1. The van der Waals surface area contributed by atoms with Crippen molar-refractivity contribution in [2.75, 3.05) is 13.1 Å². The number of carboxylic acid groups (broad SMARTS) is 1. The third-order valence-electron chi connectivity index (χ3n) is 3.13. The Balaban J connectivity index is 1.66. The number of aromatic carboxylic acids is 1. The molecule has 0 unspecified atom stereocenters. The van der Waals surface area contributed by atoms with E-state index < -0.39 is 11.8 Å². The van der Waals surface area contributed by atoms with Crippen molar-refractivity contribution in [1.29, 1.82) is 0 Å². The molecule has 0 aliphatic heterocycles.